The zero-order valence-electron chi connectivity index (χ0n) is 14.4. The number of hydrogen-bond acceptors (Lipinski definition) is 3. The largest absolute Gasteiger partial charge is 0.507 e. The number of hydrogen-bond donors (Lipinski definition) is 1. The molecule has 0 aromatic heterocycles. The monoisotopic (exact) mass is 291 g/mol. The summed E-state index contributed by atoms with van der Waals surface area (Å²) in [5.41, 5.74) is 2.94. The summed E-state index contributed by atoms with van der Waals surface area (Å²) in [6.07, 6.45) is 0.777. The van der Waals surface area contributed by atoms with Crippen molar-refractivity contribution in [3.8, 4) is 5.75 Å². The van der Waals surface area contributed by atoms with Crippen LogP contribution in [-0.4, -0.2) is 11.1 Å². The van der Waals surface area contributed by atoms with Crippen molar-refractivity contribution in [2.75, 3.05) is 0 Å². The van der Waals surface area contributed by atoms with E-state index >= 15 is 0 Å². The average molecular weight is 291 g/mol. The number of phenols is 1. The second-order valence-electron chi connectivity index (χ2n) is 7.38. The van der Waals surface area contributed by atoms with E-state index in [0.29, 0.717) is 5.75 Å². The summed E-state index contributed by atoms with van der Waals surface area (Å²) in [5.74, 6) is 0.961. The van der Waals surface area contributed by atoms with Gasteiger partial charge in [-0.15, -0.1) is 0 Å². The Balaban J connectivity index is 3.28. The molecule has 0 saturated heterocycles. The molecule has 21 heavy (non-hydrogen) atoms. The first-order chi connectivity index (χ1) is 9.60. The normalized spacial score (nSPS) is 13.8. The summed E-state index contributed by atoms with van der Waals surface area (Å²) >= 11 is 0. The van der Waals surface area contributed by atoms with Crippen LogP contribution < -0.4 is 0 Å². The van der Waals surface area contributed by atoms with Crippen molar-refractivity contribution in [2.45, 2.75) is 72.8 Å². The maximum absolute atomic E-state index is 10.9. The van der Waals surface area contributed by atoms with Crippen molar-refractivity contribution >= 4 is 0 Å². The molecule has 0 heterocycles. The van der Waals surface area contributed by atoms with E-state index < -0.39 is 0 Å². The van der Waals surface area contributed by atoms with Crippen LogP contribution in [0.1, 0.15) is 77.0 Å². The summed E-state index contributed by atoms with van der Waals surface area (Å²) in [4.78, 5) is 10.9. The van der Waals surface area contributed by atoms with Crippen molar-refractivity contribution in [1.29, 1.82) is 0 Å². The lowest BCUT2D eigenvalue weighted by molar-refractivity contribution is 0.299. The molecule has 1 unspecified atom stereocenters. The molecule has 0 radical (unpaired) electrons. The fourth-order valence-electron chi connectivity index (χ4n) is 2.54. The van der Waals surface area contributed by atoms with Crippen LogP contribution in [0.25, 0.3) is 0 Å². The van der Waals surface area contributed by atoms with Gasteiger partial charge in [0.25, 0.3) is 0 Å². The summed E-state index contributed by atoms with van der Waals surface area (Å²) in [6.45, 7) is 14.3. The molecule has 1 N–H and O–H groups in total. The second kappa shape index (κ2) is 6.59. The molecular weight excluding hydrogens is 262 g/mol. The van der Waals surface area contributed by atoms with Crippen LogP contribution in [0.5, 0.6) is 5.75 Å². The van der Waals surface area contributed by atoms with Gasteiger partial charge in [-0.2, -0.15) is 4.91 Å². The van der Waals surface area contributed by atoms with Gasteiger partial charge < -0.3 is 5.11 Å². The van der Waals surface area contributed by atoms with E-state index in [2.05, 4.69) is 58.9 Å². The van der Waals surface area contributed by atoms with Gasteiger partial charge in [-0.05, 0) is 47.3 Å². The van der Waals surface area contributed by atoms with Crippen molar-refractivity contribution in [3.05, 3.63) is 33.7 Å². The van der Waals surface area contributed by atoms with Gasteiger partial charge in [0.1, 0.15) is 5.75 Å². The minimum absolute atomic E-state index is 0.193. The summed E-state index contributed by atoms with van der Waals surface area (Å²) in [7, 11) is 0. The van der Waals surface area contributed by atoms with Crippen molar-refractivity contribution in [1.82, 2.24) is 0 Å². The first-order valence-electron chi connectivity index (χ1n) is 7.78. The standard InChI is InChI=1S/C18H29NO2/c1-11(2)15-8-14(9-16(12(3)4)17(15)20)10-18(6,7)13(5)19-21/h8-9,11-13,20H,10H2,1-7H3. The maximum Gasteiger partial charge on any atom is 0.122 e. The van der Waals surface area contributed by atoms with Gasteiger partial charge in [0, 0.05) is 0 Å². The van der Waals surface area contributed by atoms with E-state index in [1.807, 2.05) is 6.92 Å². The molecule has 0 fully saturated rings. The van der Waals surface area contributed by atoms with Crippen molar-refractivity contribution in [3.63, 3.8) is 0 Å². The molecule has 0 aliphatic rings. The Labute approximate surface area is 128 Å². The number of nitrogens with zero attached hydrogens (tertiary/aromatic N) is 1. The molecule has 0 bridgehead atoms. The quantitative estimate of drug-likeness (QED) is 0.717. The van der Waals surface area contributed by atoms with Gasteiger partial charge in [-0.1, -0.05) is 58.9 Å². The molecule has 0 aliphatic heterocycles. The molecule has 3 heteroatoms. The lowest BCUT2D eigenvalue weighted by atomic mass is 9.78. The minimum atomic E-state index is -0.240. The molecule has 0 spiro atoms. The van der Waals surface area contributed by atoms with Crippen LogP contribution in [0.2, 0.25) is 0 Å². The Bertz CT molecular complexity index is 475. The van der Waals surface area contributed by atoms with Crippen LogP contribution in [-0.2, 0) is 6.42 Å². The Kier molecular flexibility index (Phi) is 5.54. The topological polar surface area (TPSA) is 49.7 Å². The molecular formula is C18H29NO2. The third-order valence-electron chi connectivity index (χ3n) is 4.42. The molecule has 0 amide bonds. The highest BCUT2D eigenvalue weighted by atomic mass is 16.3. The first kappa shape index (κ1) is 17.7. The first-order valence-corrected chi connectivity index (χ1v) is 7.78. The number of benzene rings is 1. The SMILES string of the molecule is CC(C)c1cc(CC(C)(C)C(C)N=O)cc(C(C)C)c1O. The fraction of sp³-hybridized carbons (Fsp3) is 0.667. The third-order valence-corrected chi connectivity index (χ3v) is 4.42. The Morgan fingerprint density at radius 1 is 1.05 bits per heavy atom. The molecule has 118 valence electrons. The summed E-state index contributed by atoms with van der Waals surface area (Å²) in [5, 5.41) is 13.6. The molecule has 0 saturated carbocycles. The average Bonchev–Trinajstić information content (AvgIpc) is 2.38. The minimum Gasteiger partial charge on any atom is -0.507 e. The Hall–Kier alpha value is -1.38. The van der Waals surface area contributed by atoms with Gasteiger partial charge in [0.15, 0.2) is 0 Å². The highest BCUT2D eigenvalue weighted by molar-refractivity contribution is 5.47. The van der Waals surface area contributed by atoms with Gasteiger partial charge in [0.2, 0.25) is 0 Å². The summed E-state index contributed by atoms with van der Waals surface area (Å²) in [6, 6.07) is 3.91. The Morgan fingerprint density at radius 3 is 1.81 bits per heavy atom. The number of phenolic OH excluding ortho intramolecular Hbond substituents is 1. The van der Waals surface area contributed by atoms with E-state index in [0.717, 1.165) is 17.5 Å². The second-order valence-corrected chi connectivity index (χ2v) is 7.38. The predicted molar refractivity (Wildman–Crippen MR) is 89.0 cm³/mol. The van der Waals surface area contributed by atoms with Crippen molar-refractivity contribution in [2.24, 2.45) is 10.6 Å². The van der Waals surface area contributed by atoms with Crippen LogP contribution in [0.3, 0.4) is 0 Å². The summed E-state index contributed by atoms with van der Waals surface area (Å²) < 4.78 is 0. The number of nitroso groups, excluding NO2 is 1. The van der Waals surface area contributed by atoms with E-state index in [9.17, 15) is 10.0 Å². The highest BCUT2D eigenvalue weighted by Gasteiger charge is 2.28. The molecule has 1 rings (SSSR count). The van der Waals surface area contributed by atoms with Crippen LogP contribution >= 0.6 is 0 Å². The van der Waals surface area contributed by atoms with E-state index in [1.165, 1.54) is 5.56 Å². The molecule has 1 aromatic carbocycles. The van der Waals surface area contributed by atoms with Crippen LogP contribution in [0.15, 0.2) is 17.3 Å². The molecule has 1 atom stereocenters. The predicted octanol–water partition coefficient (Wildman–Crippen LogP) is 5.36. The lowest BCUT2D eigenvalue weighted by Gasteiger charge is -2.28. The lowest BCUT2D eigenvalue weighted by Crippen LogP contribution is -2.27. The van der Waals surface area contributed by atoms with Gasteiger partial charge in [-0.3, -0.25) is 0 Å². The third kappa shape index (κ3) is 4.05. The molecule has 0 aliphatic carbocycles. The van der Waals surface area contributed by atoms with E-state index in [4.69, 9.17) is 0 Å². The fourth-order valence-corrected chi connectivity index (χ4v) is 2.54. The van der Waals surface area contributed by atoms with Crippen LogP contribution in [0.4, 0.5) is 0 Å². The van der Waals surface area contributed by atoms with E-state index in [-0.39, 0.29) is 23.3 Å². The van der Waals surface area contributed by atoms with Gasteiger partial charge >= 0.3 is 0 Å². The zero-order valence-corrected chi connectivity index (χ0v) is 14.4. The number of aromatic hydroxyl groups is 1. The van der Waals surface area contributed by atoms with Gasteiger partial charge in [-0.25, -0.2) is 0 Å². The molecule has 3 nitrogen and oxygen atoms in total. The Morgan fingerprint density at radius 2 is 1.48 bits per heavy atom. The van der Waals surface area contributed by atoms with E-state index in [1.54, 1.807) is 0 Å². The number of rotatable bonds is 6. The highest BCUT2D eigenvalue weighted by Crippen LogP contribution is 2.37. The smallest absolute Gasteiger partial charge is 0.122 e. The molecule has 1 aromatic rings. The van der Waals surface area contributed by atoms with Crippen molar-refractivity contribution < 1.29 is 5.11 Å². The maximum atomic E-state index is 10.9. The zero-order chi connectivity index (χ0) is 16.4. The van der Waals surface area contributed by atoms with Gasteiger partial charge in [0.05, 0.1) is 6.04 Å². The van der Waals surface area contributed by atoms with Crippen LogP contribution in [0, 0.1) is 10.3 Å².